The SMILES string of the molecule is O=C1c2ccccc2C(=O)c2cc(CC(=C3C=Nc4ccccc43)c3sc(=O)[nH]c3O)ccc21. The van der Waals surface area contributed by atoms with Crippen LogP contribution in [0, 0.1) is 0 Å². The topological polar surface area (TPSA) is 99.6 Å². The second kappa shape index (κ2) is 7.60. The molecule has 6 rings (SSSR count). The van der Waals surface area contributed by atoms with E-state index in [-0.39, 0.29) is 22.3 Å². The first-order chi connectivity index (χ1) is 16.5. The lowest BCUT2D eigenvalue weighted by molar-refractivity contribution is 0.0979. The number of rotatable bonds is 3. The lowest BCUT2D eigenvalue weighted by Crippen LogP contribution is -2.21. The van der Waals surface area contributed by atoms with Gasteiger partial charge in [0.2, 0.25) is 5.88 Å². The van der Waals surface area contributed by atoms with E-state index in [1.54, 1.807) is 42.6 Å². The van der Waals surface area contributed by atoms with Gasteiger partial charge in [0.25, 0.3) is 0 Å². The molecule has 6 nitrogen and oxygen atoms in total. The number of aromatic hydroxyl groups is 1. The van der Waals surface area contributed by atoms with E-state index < -0.39 is 0 Å². The maximum atomic E-state index is 13.2. The molecule has 1 aromatic heterocycles. The lowest BCUT2D eigenvalue weighted by Gasteiger charge is -2.18. The molecule has 0 saturated carbocycles. The van der Waals surface area contributed by atoms with Crippen molar-refractivity contribution in [1.29, 1.82) is 0 Å². The van der Waals surface area contributed by atoms with Crippen molar-refractivity contribution in [3.05, 3.63) is 115 Å². The van der Waals surface area contributed by atoms with Crippen molar-refractivity contribution < 1.29 is 14.7 Å². The van der Waals surface area contributed by atoms with Crippen LogP contribution in [-0.4, -0.2) is 27.9 Å². The average Bonchev–Trinajstić information content (AvgIpc) is 3.43. The first-order valence-electron chi connectivity index (χ1n) is 10.6. The number of fused-ring (bicyclic) bond motifs is 3. The van der Waals surface area contributed by atoms with Gasteiger partial charge in [-0.1, -0.05) is 65.9 Å². The number of thiazole rings is 1. The molecule has 0 bridgehead atoms. The predicted octanol–water partition coefficient (Wildman–Crippen LogP) is 4.79. The Bertz CT molecular complexity index is 1660. The van der Waals surface area contributed by atoms with Crippen molar-refractivity contribution in [2.45, 2.75) is 6.42 Å². The zero-order valence-electron chi connectivity index (χ0n) is 17.7. The van der Waals surface area contributed by atoms with Crippen LogP contribution in [0.15, 0.2) is 76.5 Å². The Hall–Kier alpha value is -4.36. The van der Waals surface area contributed by atoms with Crippen LogP contribution >= 0.6 is 11.3 Å². The molecule has 0 spiro atoms. The fourth-order valence-corrected chi connectivity index (χ4v) is 5.33. The molecule has 164 valence electrons. The Labute approximate surface area is 197 Å². The Morgan fingerprint density at radius 1 is 0.824 bits per heavy atom. The van der Waals surface area contributed by atoms with Crippen molar-refractivity contribution in [2.24, 2.45) is 4.99 Å². The van der Waals surface area contributed by atoms with Gasteiger partial charge in [-0.25, -0.2) is 0 Å². The molecule has 1 aliphatic heterocycles. The standard InChI is InChI=1S/C27H16N2O4S/c30-23-16-6-1-2-7-17(16)24(31)19-11-14(9-10-18(19)23)12-20(25-26(32)29-27(33)34-25)21-13-28-22-8-4-3-5-15(21)22/h1-11,13,32H,12H2,(H,29,33). The van der Waals surface area contributed by atoms with Crippen molar-refractivity contribution in [3.63, 3.8) is 0 Å². The average molecular weight is 465 g/mol. The molecule has 4 aromatic rings. The minimum Gasteiger partial charge on any atom is -0.493 e. The molecular weight excluding hydrogens is 448 g/mol. The number of benzene rings is 3. The molecule has 0 radical (unpaired) electrons. The summed E-state index contributed by atoms with van der Waals surface area (Å²) in [5, 5.41) is 10.4. The summed E-state index contributed by atoms with van der Waals surface area (Å²) in [7, 11) is 0. The molecule has 0 atom stereocenters. The van der Waals surface area contributed by atoms with Crippen molar-refractivity contribution in [3.8, 4) is 5.88 Å². The van der Waals surface area contributed by atoms with E-state index in [9.17, 15) is 19.5 Å². The predicted molar refractivity (Wildman–Crippen MR) is 131 cm³/mol. The molecule has 0 amide bonds. The zero-order valence-corrected chi connectivity index (χ0v) is 18.5. The molecule has 2 aliphatic rings. The van der Waals surface area contributed by atoms with E-state index in [2.05, 4.69) is 9.98 Å². The van der Waals surface area contributed by atoms with Gasteiger partial charge >= 0.3 is 4.87 Å². The van der Waals surface area contributed by atoms with Gasteiger partial charge in [-0.3, -0.25) is 24.4 Å². The number of H-pyrrole nitrogens is 1. The molecule has 2 heterocycles. The summed E-state index contributed by atoms with van der Waals surface area (Å²) < 4.78 is 0. The summed E-state index contributed by atoms with van der Waals surface area (Å²) >= 11 is 0.922. The third kappa shape index (κ3) is 3.09. The fraction of sp³-hybridized carbons (Fsp3) is 0.0370. The summed E-state index contributed by atoms with van der Waals surface area (Å²) in [5.41, 5.74) is 5.54. The Kier molecular flexibility index (Phi) is 4.53. The largest absolute Gasteiger partial charge is 0.493 e. The minimum absolute atomic E-state index is 0.173. The first-order valence-corrected chi connectivity index (χ1v) is 11.4. The van der Waals surface area contributed by atoms with Crippen LogP contribution in [0.2, 0.25) is 0 Å². The Morgan fingerprint density at radius 3 is 2.18 bits per heavy atom. The number of hydrogen-bond donors (Lipinski definition) is 2. The van der Waals surface area contributed by atoms with E-state index in [1.807, 2.05) is 30.3 Å². The number of hydrogen-bond acceptors (Lipinski definition) is 6. The Morgan fingerprint density at radius 2 is 1.47 bits per heavy atom. The second-order valence-corrected chi connectivity index (χ2v) is 9.10. The molecule has 2 N–H and O–H groups in total. The normalized spacial score (nSPS) is 15.2. The van der Waals surface area contributed by atoms with Crippen LogP contribution in [0.3, 0.4) is 0 Å². The van der Waals surface area contributed by atoms with Gasteiger partial charge in [0, 0.05) is 39.6 Å². The molecule has 0 unspecified atom stereocenters. The maximum absolute atomic E-state index is 13.2. The maximum Gasteiger partial charge on any atom is 0.307 e. The minimum atomic E-state index is -0.364. The third-order valence-corrected chi connectivity index (χ3v) is 7.06. The molecule has 0 saturated heterocycles. The lowest BCUT2D eigenvalue weighted by atomic mass is 9.82. The summed E-state index contributed by atoms with van der Waals surface area (Å²) in [6.45, 7) is 0. The van der Waals surface area contributed by atoms with Crippen molar-refractivity contribution in [1.82, 2.24) is 4.98 Å². The van der Waals surface area contributed by atoms with Crippen LogP contribution in [0.1, 0.15) is 47.8 Å². The highest BCUT2D eigenvalue weighted by molar-refractivity contribution is 7.10. The highest BCUT2D eigenvalue weighted by Crippen LogP contribution is 2.40. The van der Waals surface area contributed by atoms with Crippen LogP contribution in [0.4, 0.5) is 5.69 Å². The number of ketones is 2. The number of aromatic nitrogens is 1. The van der Waals surface area contributed by atoms with Crippen molar-refractivity contribution >= 4 is 46.0 Å². The number of nitrogens with zero attached hydrogens (tertiary/aromatic N) is 1. The number of carbonyl (C=O) groups excluding carboxylic acids is 2. The van der Waals surface area contributed by atoms with Crippen LogP contribution in [0.5, 0.6) is 5.88 Å². The second-order valence-electron chi connectivity index (χ2n) is 8.12. The number of aliphatic imine (C=N–C) groups is 1. The van der Waals surface area contributed by atoms with Gasteiger partial charge in [0.1, 0.15) is 0 Å². The van der Waals surface area contributed by atoms with Crippen molar-refractivity contribution in [2.75, 3.05) is 0 Å². The number of nitrogens with one attached hydrogen (secondary N) is 1. The third-order valence-electron chi connectivity index (χ3n) is 6.13. The quantitative estimate of drug-likeness (QED) is 0.401. The summed E-state index contributed by atoms with van der Waals surface area (Å²) in [4.78, 5) is 45.1. The van der Waals surface area contributed by atoms with Gasteiger partial charge < -0.3 is 5.11 Å². The van der Waals surface area contributed by atoms with Crippen LogP contribution < -0.4 is 4.87 Å². The van der Waals surface area contributed by atoms with Gasteiger partial charge in [-0.2, -0.15) is 0 Å². The monoisotopic (exact) mass is 464 g/mol. The molecule has 34 heavy (non-hydrogen) atoms. The first kappa shape index (κ1) is 20.3. The van der Waals surface area contributed by atoms with E-state index >= 15 is 0 Å². The van der Waals surface area contributed by atoms with Crippen LogP contribution in [0.25, 0.3) is 11.1 Å². The van der Waals surface area contributed by atoms with E-state index in [4.69, 9.17) is 0 Å². The Balaban J connectivity index is 1.49. The number of aromatic amines is 1. The van der Waals surface area contributed by atoms with Crippen LogP contribution in [-0.2, 0) is 6.42 Å². The van der Waals surface area contributed by atoms with Gasteiger partial charge in [-0.05, 0) is 29.7 Å². The fourth-order valence-electron chi connectivity index (χ4n) is 4.54. The van der Waals surface area contributed by atoms with E-state index in [0.29, 0.717) is 39.1 Å². The molecule has 7 heteroatoms. The summed E-state index contributed by atoms with van der Waals surface area (Å²) in [6, 6.07) is 19.7. The number of carbonyl (C=O) groups is 2. The smallest absolute Gasteiger partial charge is 0.307 e. The molecular formula is C27H16N2O4S. The van der Waals surface area contributed by atoms with Gasteiger partial charge in [0.05, 0.1) is 10.6 Å². The van der Waals surface area contributed by atoms with Gasteiger partial charge in [0.15, 0.2) is 11.6 Å². The summed E-state index contributed by atoms with van der Waals surface area (Å²) in [6.07, 6.45) is 2.06. The molecule has 0 fully saturated rings. The summed E-state index contributed by atoms with van der Waals surface area (Å²) in [5.74, 6) is -0.565. The van der Waals surface area contributed by atoms with E-state index in [1.165, 1.54) is 0 Å². The van der Waals surface area contributed by atoms with E-state index in [0.717, 1.165) is 33.7 Å². The highest BCUT2D eigenvalue weighted by Gasteiger charge is 2.30. The molecule has 1 aliphatic carbocycles. The highest BCUT2D eigenvalue weighted by atomic mass is 32.1. The molecule has 3 aromatic carbocycles. The number of para-hydroxylation sites is 1. The zero-order chi connectivity index (χ0) is 23.4. The number of allylic oxidation sites excluding steroid dienone is 2. The van der Waals surface area contributed by atoms with Gasteiger partial charge in [-0.15, -0.1) is 0 Å².